The molecule has 0 spiro atoms. The highest BCUT2D eigenvalue weighted by Crippen LogP contribution is 2.31. The van der Waals surface area contributed by atoms with Crippen molar-refractivity contribution in [1.29, 1.82) is 0 Å². The second-order valence-electron chi connectivity index (χ2n) is 10.1. The van der Waals surface area contributed by atoms with Gasteiger partial charge in [-0.2, -0.15) is 9.78 Å². The van der Waals surface area contributed by atoms with E-state index in [1.54, 1.807) is 16.0 Å². The Kier molecular flexibility index (Phi) is 8.12. The normalized spacial score (nSPS) is 19.2. The summed E-state index contributed by atoms with van der Waals surface area (Å²) in [5.74, 6) is 1.16. The molecule has 0 saturated carbocycles. The van der Waals surface area contributed by atoms with E-state index in [0.717, 1.165) is 86.0 Å². The molecule has 9 heteroatoms. The van der Waals surface area contributed by atoms with Gasteiger partial charge < -0.3 is 15.0 Å². The first kappa shape index (κ1) is 24.7. The Bertz CT molecular complexity index is 924. The third kappa shape index (κ3) is 6.57. The highest BCUT2D eigenvalue weighted by Gasteiger charge is 2.29. The fourth-order valence-electron chi connectivity index (χ4n) is 4.38. The molecule has 0 aliphatic carbocycles. The molecule has 0 atom stereocenters. The average molecular weight is 494 g/mol. The van der Waals surface area contributed by atoms with Gasteiger partial charge in [-0.05, 0) is 38.1 Å². The molecule has 0 bridgehead atoms. The number of anilines is 1. The van der Waals surface area contributed by atoms with Crippen LogP contribution in [0.2, 0.25) is 4.34 Å². The van der Waals surface area contributed by atoms with Crippen molar-refractivity contribution in [3.8, 4) is 0 Å². The number of aromatic nitrogens is 2. The molecule has 0 amide bonds. The third-order valence-electron chi connectivity index (χ3n) is 6.48. The van der Waals surface area contributed by atoms with Crippen LogP contribution < -0.4 is 5.32 Å². The van der Waals surface area contributed by atoms with Crippen molar-refractivity contribution in [1.82, 2.24) is 19.6 Å². The smallest absolute Gasteiger partial charge is 0.254 e. The summed E-state index contributed by atoms with van der Waals surface area (Å²) in [7, 11) is 0. The van der Waals surface area contributed by atoms with Gasteiger partial charge in [0.2, 0.25) is 0 Å². The Hall–Kier alpha value is -1.45. The molecule has 2 aromatic heterocycles. The second kappa shape index (κ2) is 10.9. The number of nitrogens with zero attached hydrogens (tertiary/aromatic N) is 4. The molecule has 182 valence electrons. The summed E-state index contributed by atoms with van der Waals surface area (Å²) in [4.78, 5) is 19.3. The van der Waals surface area contributed by atoms with Crippen molar-refractivity contribution in [2.75, 3.05) is 57.8 Å². The zero-order valence-corrected chi connectivity index (χ0v) is 21.6. The number of thiophene rings is 1. The predicted molar refractivity (Wildman–Crippen MR) is 135 cm³/mol. The molecular formula is C24H36ClN5O2S. The largest absolute Gasteiger partial charge is 0.379 e. The van der Waals surface area contributed by atoms with Crippen molar-refractivity contribution in [2.24, 2.45) is 5.41 Å². The number of halogens is 1. The summed E-state index contributed by atoms with van der Waals surface area (Å²) >= 11 is 7.62. The lowest BCUT2D eigenvalue weighted by Gasteiger charge is -2.34. The van der Waals surface area contributed by atoms with Gasteiger partial charge in [-0.25, -0.2) is 0 Å². The first-order valence-corrected chi connectivity index (χ1v) is 13.1. The van der Waals surface area contributed by atoms with E-state index in [-0.39, 0.29) is 5.91 Å². The number of carbonyl (C=O) groups excluding carboxylic acids is 1. The van der Waals surface area contributed by atoms with Gasteiger partial charge >= 0.3 is 0 Å². The number of hydrogen-bond acceptors (Lipinski definition) is 7. The summed E-state index contributed by atoms with van der Waals surface area (Å²) in [5.41, 5.74) is 0.515. The Balaban J connectivity index is 1.38. The van der Waals surface area contributed by atoms with E-state index in [2.05, 4.69) is 21.2 Å². The Labute approximate surface area is 206 Å². The summed E-state index contributed by atoms with van der Waals surface area (Å²) < 4.78 is 7.80. The molecule has 1 N–H and O–H groups in total. The highest BCUT2D eigenvalue weighted by atomic mass is 35.5. The quantitative estimate of drug-likeness (QED) is 0.616. The van der Waals surface area contributed by atoms with E-state index in [1.165, 1.54) is 0 Å². The lowest BCUT2D eigenvalue weighted by atomic mass is 9.93. The van der Waals surface area contributed by atoms with E-state index < -0.39 is 5.41 Å². The van der Waals surface area contributed by atoms with Gasteiger partial charge in [0, 0.05) is 48.5 Å². The Morgan fingerprint density at radius 2 is 1.82 bits per heavy atom. The average Bonchev–Trinajstić information content (AvgIpc) is 3.42. The van der Waals surface area contributed by atoms with Crippen LogP contribution in [-0.2, 0) is 11.3 Å². The number of morpholine rings is 1. The minimum absolute atomic E-state index is 0.00316. The molecule has 4 heterocycles. The number of carbonyl (C=O) groups is 1. The number of rotatable bonds is 7. The van der Waals surface area contributed by atoms with Crippen LogP contribution in [0.25, 0.3) is 0 Å². The monoisotopic (exact) mass is 493 g/mol. The predicted octanol–water partition coefficient (Wildman–Crippen LogP) is 4.41. The third-order valence-corrected chi connectivity index (χ3v) is 7.71. The van der Waals surface area contributed by atoms with Crippen LogP contribution in [0.3, 0.4) is 0 Å². The van der Waals surface area contributed by atoms with Gasteiger partial charge in [-0.1, -0.05) is 32.4 Å². The fourth-order valence-corrected chi connectivity index (χ4v) is 5.41. The number of likely N-dealkylation sites (tertiary alicyclic amines) is 1. The van der Waals surface area contributed by atoms with Crippen LogP contribution in [0.1, 0.15) is 54.9 Å². The molecule has 4 rings (SSSR count). The van der Waals surface area contributed by atoms with Crippen LogP contribution in [0.4, 0.5) is 5.82 Å². The zero-order valence-electron chi connectivity index (χ0n) is 20.0. The first-order valence-electron chi connectivity index (χ1n) is 11.9. The van der Waals surface area contributed by atoms with Crippen LogP contribution >= 0.6 is 22.9 Å². The molecule has 2 saturated heterocycles. The topological polar surface area (TPSA) is 62.6 Å². The van der Waals surface area contributed by atoms with Crippen molar-refractivity contribution in [3.05, 3.63) is 33.1 Å². The summed E-state index contributed by atoms with van der Waals surface area (Å²) in [6, 6.07) is 5.99. The minimum atomic E-state index is -0.505. The fraction of sp³-hybridized carbons (Fsp3) is 0.667. The van der Waals surface area contributed by atoms with Gasteiger partial charge in [0.05, 0.1) is 29.8 Å². The van der Waals surface area contributed by atoms with E-state index in [1.807, 2.05) is 32.9 Å². The van der Waals surface area contributed by atoms with Gasteiger partial charge in [0.25, 0.3) is 5.91 Å². The summed E-state index contributed by atoms with van der Waals surface area (Å²) in [6.07, 6.45) is 2.15. The summed E-state index contributed by atoms with van der Waals surface area (Å²) in [6.45, 7) is 14.6. The maximum atomic E-state index is 13.1. The minimum Gasteiger partial charge on any atom is -0.379 e. The Morgan fingerprint density at radius 1 is 1.15 bits per heavy atom. The van der Waals surface area contributed by atoms with Crippen molar-refractivity contribution < 1.29 is 9.53 Å². The van der Waals surface area contributed by atoms with E-state index in [0.29, 0.717) is 12.5 Å². The number of hydrogen-bond donors (Lipinski definition) is 1. The van der Waals surface area contributed by atoms with Gasteiger partial charge in [-0.3, -0.25) is 9.69 Å². The number of nitrogens with one attached hydrogen (secondary N) is 1. The van der Waals surface area contributed by atoms with E-state index >= 15 is 0 Å². The molecule has 33 heavy (non-hydrogen) atoms. The first-order chi connectivity index (χ1) is 15.8. The van der Waals surface area contributed by atoms with Crippen molar-refractivity contribution in [3.63, 3.8) is 0 Å². The molecule has 0 radical (unpaired) electrons. The molecule has 0 aromatic carbocycles. The SMILES string of the molecule is CC(C)(C)C(=O)n1nc(C2CCN(CCN3CCOCC3)CC2)cc1NCc1ccc(Cl)s1. The zero-order chi connectivity index (χ0) is 23.4. The van der Waals surface area contributed by atoms with E-state index in [9.17, 15) is 4.79 Å². The van der Waals surface area contributed by atoms with Gasteiger partial charge in [0.1, 0.15) is 5.82 Å². The van der Waals surface area contributed by atoms with Gasteiger partial charge in [0.15, 0.2) is 0 Å². The van der Waals surface area contributed by atoms with Crippen LogP contribution in [0.15, 0.2) is 18.2 Å². The number of piperidine rings is 1. The maximum Gasteiger partial charge on any atom is 0.254 e. The van der Waals surface area contributed by atoms with Crippen LogP contribution in [0.5, 0.6) is 0 Å². The lowest BCUT2D eigenvalue weighted by molar-refractivity contribution is 0.0320. The standard InChI is InChI=1S/C24H36ClN5O2S/c1-24(2,3)23(31)30-22(26-17-19-4-5-21(25)33-19)16-20(27-30)18-6-8-28(9-7-18)10-11-29-12-14-32-15-13-29/h4-5,16,18,26H,6-15,17H2,1-3H3. The summed E-state index contributed by atoms with van der Waals surface area (Å²) in [5, 5.41) is 8.23. The lowest BCUT2D eigenvalue weighted by Crippen LogP contribution is -2.43. The highest BCUT2D eigenvalue weighted by molar-refractivity contribution is 7.16. The second-order valence-corrected chi connectivity index (χ2v) is 11.9. The number of ether oxygens (including phenoxy) is 1. The van der Waals surface area contributed by atoms with Crippen molar-refractivity contribution in [2.45, 2.75) is 46.1 Å². The Morgan fingerprint density at radius 3 is 2.42 bits per heavy atom. The van der Waals surface area contributed by atoms with Crippen LogP contribution in [-0.4, -0.2) is 78.0 Å². The molecule has 2 fully saturated rings. The molecule has 2 aliphatic heterocycles. The van der Waals surface area contributed by atoms with E-state index in [4.69, 9.17) is 21.4 Å². The molecule has 2 aromatic rings. The molecular weight excluding hydrogens is 458 g/mol. The van der Waals surface area contributed by atoms with Gasteiger partial charge in [-0.15, -0.1) is 11.3 Å². The molecule has 7 nitrogen and oxygen atoms in total. The molecule has 2 aliphatic rings. The molecule has 0 unspecified atom stereocenters. The van der Waals surface area contributed by atoms with Crippen molar-refractivity contribution >= 4 is 34.7 Å². The maximum absolute atomic E-state index is 13.1. The van der Waals surface area contributed by atoms with Crippen LogP contribution in [0, 0.1) is 5.41 Å².